The second kappa shape index (κ2) is 13.7. The van der Waals surface area contributed by atoms with Crippen molar-refractivity contribution in [2.75, 3.05) is 25.2 Å². The Kier molecular flexibility index (Phi) is 11.8. The van der Waals surface area contributed by atoms with Gasteiger partial charge in [-0.05, 0) is 38.1 Å². The second-order valence-corrected chi connectivity index (χ2v) is 7.98. The van der Waals surface area contributed by atoms with Gasteiger partial charge < -0.3 is 20.5 Å². The number of hydrogen-bond donors (Lipinski definition) is 2. The van der Waals surface area contributed by atoms with E-state index in [1.807, 2.05) is 6.92 Å². The highest BCUT2D eigenvalue weighted by Crippen LogP contribution is 2.27. The number of Topliss-reactive ketones (excluding diaryl/α,β-unsaturated/α-hetero) is 1. The first-order valence-corrected chi connectivity index (χ1v) is 10.8. The van der Waals surface area contributed by atoms with Crippen LogP contribution in [0.15, 0.2) is 41.1 Å². The van der Waals surface area contributed by atoms with Crippen LogP contribution in [-0.4, -0.2) is 51.6 Å². The smallest absolute Gasteiger partial charge is 0.214 e. The zero-order valence-corrected chi connectivity index (χ0v) is 20.0. The molecule has 3 N–H and O–H groups in total. The van der Waals surface area contributed by atoms with Gasteiger partial charge in [-0.25, -0.2) is 9.97 Å². The lowest BCUT2D eigenvalue weighted by Gasteiger charge is -2.22. The number of methoxy groups -OCH3 is 1. The van der Waals surface area contributed by atoms with E-state index >= 15 is 0 Å². The molecule has 0 aliphatic carbocycles. The number of rotatable bonds is 12. The molecule has 2 aromatic rings. The maximum atomic E-state index is 12.4. The summed E-state index contributed by atoms with van der Waals surface area (Å²) in [7, 11) is 1.58. The van der Waals surface area contributed by atoms with Crippen molar-refractivity contribution in [2.45, 2.75) is 33.2 Å². The molecule has 0 spiro atoms. The molecule has 0 saturated heterocycles. The summed E-state index contributed by atoms with van der Waals surface area (Å²) in [6.07, 6.45) is 3.04. The number of amides is 1. The minimum atomic E-state index is -0.0609. The van der Waals surface area contributed by atoms with Crippen molar-refractivity contribution in [3.8, 4) is 5.75 Å². The molecule has 1 aromatic carbocycles. The van der Waals surface area contributed by atoms with Crippen LogP contribution in [-0.2, 0) is 11.3 Å². The number of nitrogen functional groups attached to an aromatic ring is 1. The number of ketones is 1. The van der Waals surface area contributed by atoms with Crippen molar-refractivity contribution in [3.05, 3.63) is 58.0 Å². The predicted octanol–water partition coefficient (Wildman–Crippen LogP) is 3.38. The number of nitrogens with zero attached hydrogens (tertiary/aromatic N) is 3. The van der Waals surface area contributed by atoms with Crippen LogP contribution >= 0.6 is 24.2 Å². The summed E-state index contributed by atoms with van der Waals surface area (Å²) in [5.41, 5.74) is 7.91. The molecular formula is C22H29ClN4O4S. The van der Waals surface area contributed by atoms with E-state index in [4.69, 9.17) is 10.5 Å². The summed E-state index contributed by atoms with van der Waals surface area (Å²) < 4.78 is 5.11. The largest absolute Gasteiger partial charge is 0.497 e. The fourth-order valence-electron chi connectivity index (χ4n) is 2.86. The maximum absolute atomic E-state index is 12.4. The lowest BCUT2D eigenvalue weighted by Crippen LogP contribution is -2.22. The Balaban J connectivity index is 0.00000512. The molecule has 0 fully saturated rings. The number of carbonyl (C=O) groups excluding carboxylic acids is 2. The van der Waals surface area contributed by atoms with E-state index in [1.54, 1.807) is 44.5 Å². The number of benzene rings is 1. The number of nitrogens with two attached hydrogens (primary N) is 1. The SMILES string of the molecule is COc1ccc(C(=O)CCS/C(CCO)=C(\C)N(C=O)Cc2cnc(C)nc2N)cc1.Cl. The molecule has 10 heteroatoms. The lowest BCUT2D eigenvalue weighted by molar-refractivity contribution is -0.116. The lowest BCUT2D eigenvalue weighted by atomic mass is 10.1. The molecule has 0 radical (unpaired) electrons. The number of aromatic nitrogens is 2. The number of aryl methyl sites for hydroxylation is 1. The summed E-state index contributed by atoms with van der Waals surface area (Å²) in [4.78, 5) is 34.8. The summed E-state index contributed by atoms with van der Waals surface area (Å²) in [5, 5.41) is 9.47. The quantitative estimate of drug-likeness (QED) is 0.350. The third kappa shape index (κ3) is 7.81. The van der Waals surface area contributed by atoms with E-state index in [0.717, 1.165) is 11.3 Å². The maximum Gasteiger partial charge on any atom is 0.214 e. The third-order valence-corrected chi connectivity index (χ3v) is 5.93. The van der Waals surface area contributed by atoms with Gasteiger partial charge in [0.1, 0.15) is 17.4 Å². The van der Waals surface area contributed by atoms with Crippen LogP contribution in [0.1, 0.15) is 41.5 Å². The highest BCUT2D eigenvalue weighted by atomic mass is 35.5. The van der Waals surface area contributed by atoms with Crippen molar-refractivity contribution in [3.63, 3.8) is 0 Å². The van der Waals surface area contributed by atoms with Gasteiger partial charge in [-0.15, -0.1) is 24.2 Å². The Hall–Kier alpha value is -2.62. The van der Waals surface area contributed by atoms with Gasteiger partial charge in [0.2, 0.25) is 6.41 Å². The molecule has 0 aliphatic rings. The Bertz CT molecular complexity index is 938. The number of aliphatic hydroxyl groups is 1. The number of hydrogen-bond acceptors (Lipinski definition) is 8. The molecule has 0 atom stereocenters. The van der Waals surface area contributed by atoms with Crippen molar-refractivity contribution < 1.29 is 19.4 Å². The Labute approximate surface area is 198 Å². The van der Waals surface area contributed by atoms with Crippen LogP contribution in [0.5, 0.6) is 5.75 Å². The van der Waals surface area contributed by atoms with Gasteiger partial charge >= 0.3 is 0 Å². The normalized spacial score (nSPS) is 11.2. The van der Waals surface area contributed by atoms with Crippen LogP contribution in [0.2, 0.25) is 0 Å². The number of halogens is 1. The molecule has 1 heterocycles. The first-order valence-electron chi connectivity index (χ1n) is 9.80. The molecule has 2 rings (SSSR count). The average molecular weight is 481 g/mol. The topological polar surface area (TPSA) is 119 Å². The highest BCUT2D eigenvalue weighted by molar-refractivity contribution is 8.03. The molecule has 32 heavy (non-hydrogen) atoms. The van der Waals surface area contributed by atoms with E-state index in [0.29, 0.717) is 52.8 Å². The number of ether oxygens (including phenoxy) is 1. The zero-order chi connectivity index (χ0) is 22.8. The van der Waals surface area contributed by atoms with E-state index in [1.165, 1.54) is 16.7 Å². The van der Waals surface area contributed by atoms with Crippen molar-refractivity contribution >= 4 is 42.2 Å². The van der Waals surface area contributed by atoms with Gasteiger partial charge in [-0.2, -0.15) is 0 Å². The van der Waals surface area contributed by atoms with Gasteiger partial charge in [-0.3, -0.25) is 9.59 Å². The van der Waals surface area contributed by atoms with Crippen molar-refractivity contribution in [1.29, 1.82) is 0 Å². The van der Waals surface area contributed by atoms with E-state index in [2.05, 4.69) is 9.97 Å². The van der Waals surface area contributed by atoms with Crippen molar-refractivity contribution in [1.82, 2.24) is 14.9 Å². The van der Waals surface area contributed by atoms with E-state index in [9.17, 15) is 14.7 Å². The Morgan fingerprint density at radius 2 is 1.97 bits per heavy atom. The summed E-state index contributed by atoms with van der Waals surface area (Å²) in [6, 6.07) is 6.99. The van der Waals surface area contributed by atoms with Crippen LogP contribution in [0.4, 0.5) is 5.82 Å². The van der Waals surface area contributed by atoms with E-state index < -0.39 is 0 Å². The van der Waals surface area contributed by atoms with Crippen LogP contribution in [0.25, 0.3) is 0 Å². The Morgan fingerprint density at radius 1 is 1.28 bits per heavy atom. The van der Waals surface area contributed by atoms with Gasteiger partial charge in [0.15, 0.2) is 5.78 Å². The fraction of sp³-hybridized carbons (Fsp3) is 0.364. The van der Waals surface area contributed by atoms with Gasteiger partial charge in [0, 0.05) is 53.1 Å². The molecule has 1 amide bonds. The molecule has 8 nitrogen and oxygen atoms in total. The first-order chi connectivity index (χ1) is 14.9. The Morgan fingerprint density at radius 3 is 2.53 bits per heavy atom. The fourth-order valence-corrected chi connectivity index (χ4v) is 3.96. The third-order valence-electron chi connectivity index (χ3n) is 4.68. The highest BCUT2D eigenvalue weighted by Gasteiger charge is 2.15. The molecule has 0 saturated carbocycles. The number of anilines is 1. The van der Waals surface area contributed by atoms with Crippen LogP contribution in [0, 0.1) is 6.92 Å². The van der Waals surface area contributed by atoms with Gasteiger partial charge in [-0.1, -0.05) is 0 Å². The number of carbonyl (C=O) groups is 2. The summed E-state index contributed by atoms with van der Waals surface area (Å²) in [5.74, 6) is 2.13. The molecular weight excluding hydrogens is 452 g/mol. The average Bonchev–Trinajstić information content (AvgIpc) is 2.77. The summed E-state index contributed by atoms with van der Waals surface area (Å²) in [6.45, 7) is 3.71. The molecule has 1 aromatic heterocycles. The standard InChI is InChI=1S/C22H28N4O4S.ClH/c1-15(26(14-28)13-18-12-24-16(2)25-22(18)23)21(8-10-27)31-11-9-20(29)17-4-6-19(30-3)7-5-17;/h4-7,12,14,27H,8-11,13H2,1-3H3,(H2,23,24,25);1H/b21-15+;. The molecule has 0 aliphatic heterocycles. The molecule has 0 unspecified atom stereocenters. The van der Waals surface area contributed by atoms with Gasteiger partial charge in [0.05, 0.1) is 13.7 Å². The van der Waals surface area contributed by atoms with Crippen LogP contribution in [0.3, 0.4) is 0 Å². The number of aliphatic hydroxyl groups excluding tert-OH is 1. The zero-order valence-electron chi connectivity index (χ0n) is 18.4. The summed E-state index contributed by atoms with van der Waals surface area (Å²) >= 11 is 1.46. The van der Waals surface area contributed by atoms with E-state index in [-0.39, 0.29) is 31.3 Å². The number of allylic oxidation sites excluding steroid dienone is 1. The first kappa shape index (κ1) is 27.4. The van der Waals surface area contributed by atoms with Crippen LogP contribution < -0.4 is 10.5 Å². The second-order valence-electron chi connectivity index (χ2n) is 6.79. The minimum absolute atomic E-state index is 0. The predicted molar refractivity (Wildman–Crippen MR) is 129 cm³/mol. The number of thioether (sulfide) groups is 1. The molecule has 0 bridgehead atoms. The van der Waals surface area contributed by atoms with Crippen molar-refractivity contribution in [2.24, 2.45) is 0 Å². The minimum Gasteiger partial charge on any atom is -0.497 e. The molecule has 174 valence electrons. The monoisotopic (exact) mass is 480 g/mol. The van der Waals surface area contributed by atoms with Gasteiger partial charge in [0.25, 0.3) is 0 Å².